The van der Waals surface area contributed by atoms with Gasteiger partial charge >= 0.3 is 0 Å². The number of aryl methyl sites for hydroxylation is 1. The second-order valence-corrected chi connectivity index (χ2v) is 4.41. The first-order valence-corrected chi connectivity index (χ1v) is 5.47. The third-order valence-electron chi connectivity index (χ3n) is 2.76. The summed E-state index contributed by atoms with van der Waals surface area (Å²) in [5.41, 5.74) is 0. The van der Waals surface area contributed by atoms with Gasteiger partial charge in [0.1, 0.15) is 5.82 Å². The average Bonchev–Trinajstić information content (AvgIpc) is 2.90. The van der Waals surface area contributed by atoms with Crippen molar-refractivity contribution in [3.63, 3.8) is 0 Å². The van der Waals surface area contributed by atoms with Crippen LogP contribution in [0.5, 0.6) is 0 Å². The van der Waals surface area contributed by atoms with Crippen LogP contribution in [-0.2, 0) is 6.54 Å². The predicted octanol–water partition coefficient (Wildman–Crippen LogP) is 1.58. The molecule has 78 valence electrons. The third kappa shape index (κ3) is 2.58. The van der Waals surface area contributed by atoms with Crippen LogP contribution in [0.4, 0.5) is 0 Å². The molecular formula is C11H19N3. The molecule has 1 aliphatic carbocycles. The zero-order valence-corrected chi connectivity index (χ0v) is 9.03. The Balaban J connectivity index is 1.75. The molecule has 0 spiro atoms. The Hall–Kier alpha value is -0.830. The van der Waals surface area contributed by atoms with Crippen molar-refractivity contribution in [3.05, 3.63) is 18.2 Å². The molecule has 14 heavy (non-hydrogen) atoms. The molecule has 1 fully saturated rings. The van der Waals surface area contributed by atoms with Crippen LogP contribution in [0.1, 0.15) is 25.6 Å². The minimum absolute atomic E-state index is 0.684. The Morgan fingerprint density at radius 3 is 3.00 bits per heavy atom. The molecule has 0 amide bonds. The van der Waals surface area contributed by atoms with Gasteiger partial charge in [-0.25, -0.2) is 4.98 Å². The van der Waals surface area contributed by atoms with Crippen LogP contribution in [-0.4, -0.2) is 22.1 Å². The smallest absolute Gasteiger partial charge is 0.105 e. The fourth-order valence-corrected chi connectivity index (χ4v) is 1.65. The molecule has 3 heteroatoms. The van der Waals surface area contributed by atoms with Crippen molar-refractivity contribution in [2.75, 3.05) is 6.54 Å². The predicted molar refractivity (Wildman–Crippen MR) is 57.2 cm³/mol. The van der Waals surface area contributed by atoms with Crippen LogP contribution in [0, 0.1) is 12.8 Å². The molecule has 1 aromatic rings. The van der Waals surface area contributed by atoms with Crippen molar-refractivity contribution >= 4 is 0 Å². The van der Waals surface area contributed by atoms with Gasteiger partial charge in [-0.05, 0) is 32.2 Å². The van der Waals surface area contributed by atoms with Gasteiger partial charge in [-0.15, -0.1) is 0 Å². The van der Waals surface area contributed by atoms with Crippen LogP contribution in [0.15, 0.2) is 12.4 Å². The first-order valence-electron chi connectivity index (χ1n) is 5.47. The number of hydrogen-bond acceptors (Lipinski definition) is 2. The second kappa shape index (κ2) is 4.13. The van der Waals surface area contributed by atoms with Gasteiger partial charge in [0.2, 0.25) is 0 Å². The molecule has 1 aliphatic rings. The van der Waals surface area contributed by atoms with E-state index in [9.17, 15) is 0 Å². The Morgan fingerprint density at radius 2 is 2.43 bits per heavy atom. The lowest BCUT2D eigenvalue weighted by Gasteiger charge is -2.13. The van der Waals surface area contributed by atoms with E-state index in [1.54, 1.807) is 0 Å². The highest BCUT2D eigenvalue weighted by Crippen LogP contribution is 2.18. The maximum atomic E-state index is 4.22. The van der Waals surface area contributed by atoms with Crippen molar-refractivity contribution in [2.45, 2.75) is 39.3 Å². The Kier molecular flexibility index (Phi) is 2.87. The van der Waals surface area contributed by atoms with Crippen LogP contribution in [0.3, 0.4) is 0 Å². The molecule has 3 nitrogen and oxygen atoms in total. The van der Waals surface area contributed by atoms with E-state index in [1.807, 2.05) is 6.20 Å². The summed E-state index contributed by atoms with van der Waals surface area (Å²) in [6.07, 6.45) is 6.67. The minimum atomic E-state index is 0.684. The molecule has 0 aromatic carbocycles. The number of aromatic nitrogens is 2. The lowest BCUT2D eigenvalue weighted by atomic mass is 10.2. The van der Waals surface area contributed by atoms with Gasteiger partial charge < -0.3 is 9.88 Å². The van der Waals surface area contributed by atoms with Crippen molar-refractivity contribution in [2.24, 2.45) is 5.92 Å². The first kappa shape index (κ1) is 9.71. The lowest BCUT2D eigenvalue weighted by molar-refractivity contribution is 0.439. The van der Waals surface area contributed by atoms with Crippen LogP contribution in [0.2, 0.25) is 0 Å². The highest BCUT2D eigenvalue weighted by Gasteiger charge is 2.20. The summed E-state index contributed by atoms with van der Waals surface area (Å²) in [4.78, 5) is 4.22. The van der Waals surface area contributed by atoms with Crippen molar-refractivity contribution in [1.29, 1.82) is 0 Å². The highest BCUT2D eigenvalue weighted by atomic mass is 15.1. The normalized spacial score (nSPS) is 18.4. The Bertz CT molecular complexity index is 288. The summed E-state index contributed by atoms with van der Waals surface area (Å²) in [6.45, 7) is 6.55. The van der Waals surface area contributed by atoms with Gasteiger partial charge in [-0.3, -0.25) is 0 Å². The summed E-state index contributed by atoms with van der Waals surface area (Å²) >= 11 is 0. The number of nitrogens with zero attached hydrogens (tertiary/aromatic N) is 2. The maximum absolute atomic E-state index is 4.22. The van der Waals surface area contributed by atoms with Gasteiger partial charge in [-0.1, -0.05) is 6.92 Å². The van der Waals surface area contributed by atoms with Crippen LogP contribution in [0.25, 0.3) is 0 Å². The molecular weight excluding hydrogens is 174 g/mol. The summed E-state index contributed by atoms with van der Waals surface area (Å²) in [5, 5.41) is 3.55. The SMILES string of the molecule is Cc1nccn1CC(C)CNC1CC1. The molecule has 2 rings (SSSR count). The molecule has 1 atom stereocenters. The molecule has 1 saturated carbocycles. The van der Waals surface area contributed by atoms with E-state index < -0.39 is 0 Å². The second-order valence-electron chi connectivity index (χ2n) is 4.41. The standard InChI is InChI=1S/C11H19N3/c1-9(7-13-11-3-4-11)8-14-6-5-12-10(14)2/h5-6,9,11,13H,3-4,7-8H2,1-2H3. The summed E-state index contributed by atoms with van der Waals surface area (Å²) in [5.74, 6) is 1.80. The number of imidazole rings is 1. The highest BCUT2D eigenvalue weighted by molar-refractivity contribution is 4.89. The Labute approximate surface area is 85.5 Å². The van der Waals surface area contributed by atoms with Gasteiger partial charge in [0.05, 0.1) is 0 Å². The molecule has 1 aromatic heterocycles. The van der Waals surface area contributed by atoms with E-state index >= 15 is 0 Å². The molecule has 0 aliphatic heterocycles. The molecule has 1 heterocycles. The van der Waals surface area contributed by atoms with Crippen LogP contribution >= 0.6 is 0 Å². The van der Waals surface area contributed by atoms with Gasteiger partial charge in [0, 0.05) is 25.0 Å². The topological polar surface area (TPSA) is 29.9 Å². The van der Waals surface area contributed by atoms with E-state index in [0.29, 0.717) is 5.92 Å². The van der Waals surface area contributed by atoms with Crippen molar-refractivity contribution in [3.8, 4) is 0 Å². The monoisotopic (exact) mass is 193 g/mol. The van der Waals surface area contributed by atoms with E-state index in [2.05, 4.69) is 34.9 Å². The fourth-order valence-electron chi connectivity index (χ4n) is 1.65. The van der Waals surface area contributed by atoms with E-state index in [1.165, 1.54) is 12.8 Å². The minimum Gasteiger partial charge on any atom is -0.335 e. The zero-order valence-electron chi connectivity index (χ0n) is 9.03. The fraction of sp³-hybridized carbons (Fsp3) is 0.727. The van der Waals surface area contributed by atoms with Crippen LogP contribution < -0.4 is 5.32 Å². The van der Waals surface area contributed by atoms with Gasteiger partial charge in [0.15, 0.2) is 0 Å². The molecule has 0 saturated heterocycles. The van der Waals surface area contributed by atoms with Crippen molar-refractivity contribution in [1.82, 2.24) is 14.9 Å². The number of nitrogens with one attached hydrogen (secondary N) is 1. The zero-order chi connectivity index (χ0) is 9.97. The Morgan fingerprint density at radius 1 is 1.64 bits per heavy atom. The van der Waals surface area contributed by atoms with Gasteiger partial charge in [-0.2, -0.15) is 0 Å². The van der Waals surface area contributed by atoms with Crippen molar-refractivity contribution < 1.29 is 0 Å². The summed E-state index contributed by atoms with van der Waals surface area (Å²) < 4.78 is 2.22. The van der Waals surface area contributed by atoms with E-state index in [-0.39, 0.29) is 0 Å². The molecule has 0 bridgehead atoms. The molecule has 1 N–H and O–H groups in total. The number of hydrogen-bond donors (Lipinski definition) is 1. The first-order chi connectivity index (χ1) is 6.75. The average molecular weight is 193 g/mol. The molecule has 1 unspecified atom stereocenters. The quantitative estimate of drug-likeness (QED) is 0.769. The summed E-state index contributed by atoms with van der Waals surface area (Å²) in [7, 11) is 0. The third-order valence-corrected chi connectivity index (χ3v) is 2.76. The van der Waals surface area contributed by atoms with Gasteiger partial charge in [0.25, 0.3) is 0 Å². The molecule has 0 radical (unpaired) electrons. The number of rotatable bonds is 5. The van der Waals surface area contributed by atoms with E-state index in [4.69, 9.17) is 0 Å². The largest absolute Gasteiger partial charge is 0.335 e. The van der Waals surface area contributed by atoms with E-state index in [0.717, 1.165) is 25.0 Å². The lowest BCUT2D eigenvalue weighted by Crippen LogP contribution is -2.25. The summed E-state index contributed by atoms with van der Waals surface area (Å²) in [6, 6.07) is 0.821. The maximum Gasteiger partial charge on any atom is 0.105 e.